The zero-order valence-corrected chi connectivity index (χ0v) is 21.2. The third-order valence-electron chi connectivity index (χ3n) is 6.47. The van der Waals surface area contributed by atoms with Crippen LogP contribution in [0.15, 0.2) is 24.3 Å². The van der Waals surface area contributed by atoms with Crippen molar-refractivity contribution in [2.45, 2.75) is 53.4 Å². The Morgan fingerprint density at radius 1 is 0.781 bits per heavy atom. The molecule has 2 amide bonds. The first kappa shape index (κ1) is 28.4. The molecule has 6 nitrogen and oxygen atoms in total. The Kier molecular flexibility index (Phi) is 14.2. The van der Waals surface area contributed by atoms with Crippen molar-refractivity contribution in [2.75, 3.05) is 53.6 Å². The molecule has 2 atom stereocenters. The molecule has 0 aromatic rings. The second kappa shape index (κ2) is 16.0. The van der Waals surface area contributed by atoms with E-state index in [-0.39, 0.29) is 11.8 Å². The van der Waals surface area contributed by atoms with E-state index in [1.54, 1.807) is 38.5 Å². The van der Waals surface area contributed by atoms with Crippen molar-refractivity contribution in [3.63, 3.8) is 0 Å². The summed E-state index contributed by atoms with van der Waals surface area (Å²) in [5.41, 5.74) is 0. The van der Waals surface area contributed by atoms with E-state index in [1.807, 2.05) is 9.80 Å². The third kappa shape index (κ3) is 10.8. The summed E-state index contributed by atoms with van der Waals surface area (Å²) in [5.74, 6) is 2.91. The number of likely N-dealkylation sites (tertiary alicyclic amines) is 2. The lowest BCUT2D eigenvalue weighted by Gasteiger charge is -2.34. The fraction of sp³-hybridized carbons (Fsp3) is 0.769. The van der Waals surface area contributed by atoms with Crippen molar-refractivity contribution in [3.8, 4) is 0 Å². The molecule has 0 aromatic carbocycles. The molecule has 0 spiro atoms. The first-order valence-corrected chi connectivity index (χ1v) is 12.2. The molecule has 32 heavy (non-hydrogen) atoms. The molecule has 0 bridgehead atoms. The second-order valence-corrected chi connectivity index (χ2v) is 9.58. The quantitative estimate of drug-likeness (QED) is 0.521. The number of piperidine rings is 2. The van der Waals surface area contributed by atoms with E-state index in [0.717, 1.165) is 39.0 Å². The van der Waals surface area contributed by atoms with Crippen molar-refractivity contribution in [1.29, 1.82) is 0 Å². The van der Waals surface area contributed by atoms with E-state index in [9.17, 15) is 9.59 Å². The van der Waals surface area contributed by atoms with Gasteiger partial charge in [0.25, 0.3) is 0 Å². The molecule has 2 saturated heterocycles. The van der Waals surface area contributed by atoms with Gasteiger partial charge in [-0.2, -0.15) is 0 Å². The van der Waals surface area contributed by atoms with Crippen LogP contribution in [0.4, 0.5) is 0 Å². The Labute approximate surface area is 196 Å². The molecule has 2 rings (SSSR count). The lowest BCUT2D eigenvalue weighted by Crippen LogP contribution is -2.40. The van der Waals surface area contributed by atoms with Crippen LogP contribution in [0.5, 0.6) is 0 Å². The number of ether oxygens (including phenoxy) is 2. The van der Waals surface area contributed by atoms with Crippen LogP contribution >= 0.6 is 0 Å². The van der Waals surface area contributed by atoms with Crippen molar-refractivity contribution >= 4 is 11.8 Å². The van der Waals surface area contributed by atoms with Gasteiger partial charge in [-0.1, -0.05) is 39.8 Å². The van der Waals surface area contributed by atoms with E-state index in [0.29, 0.717) is 36.9 Å². The maximum atomic E-state index is 11.8. The lowest BCUT2D eigenvalue weighted by atomic mass is 9.88. The van der Waals surface area contributed by atoms with Crippen LogP contribution in [0.25, 0.3) is 0 Å². The van der Waals surface area contributed by atoms with Crippen LogP contribution in [-0.4, -0.2) is 75.2 Å². The number of nitrogens with zero attached hydrogens (tertiary/aromatic N) is 2. The predicted molar refractivity (Wildman–Crippen MR) is 130 cm³/mol. The molecule has 2 aliphatic heterocycles. The Balaban J connectivity index is 0.000000320. The maximum absolute atomic E-state index is 11.8. The Morgan fingerprint density at radius 2 is 1.16 bits per heavy atom. The monoisotopic (exact) mass is 450 g/mol. The average Bonchev–Trinajstić information content (AvgIpc) is 2.79. The molecule has 0 aromatic heterocycles. The van der Waals surface area contributed by atoms with E-state index < -0.39 is 0 Å². The van der Waals surface area contributed by atoms with Gasteiger partial charge in [0.15, 0.2) is 0 Å². The fourth-order valence-electron chi connectivity index (χ4n) is 4.21. The van der Waals surface area contributed by atoms with E-state index >= 15 is 0 Å². The summed E-state index contributed by atoms with van der Waals surface area (Å²) in [6.45, 7) is 13.6. The second-order valence-electron chi connectivity index (χ2n) is 9.58. The van der Waals surface area contributed by atoms with Gasteiger partial charge in [0, 0.05) is 52.6 Å². The summed E-state index contributed by atoms with van der Waals surface area (Å²) < 4.78 is 9.76. The van der Waals surface area contributed by atoms with Gasteiger partial charge in [-0.05, 0) is 49.4 Å². The number of amides is 2. The van der Waals surface area contributed by atoms with Gasteiger partial charge in [0.05, 0.1) is 13.2 Å². The van der Waals surface area contributed by atoms with Crippen LogP contribution < -0.4 is 0 Å². The van der Waals surface area contributed by atoms with Crippen molar-refractivity contribution in [1.82, 2.24) is 9.80 Å². The third-order valence-corrected chi connectivity index (χ3v) is 6.47. The zero-order valence-electron chi connectivity index (χ0n) is 21.2. The van der Waals surface area contributed by atoms with Gasteiger partial charge < -0.3 is 19.3 Å². The molecule has 0 radical (unpaired) electrons. The molecule has 0 aliphatic carbocycles. The van der Waals surface area contributed by atoms with Crippen LogP contribution in [0.3, 0.4) is 0 Å². The minimum atomic E-state index is 0.127. The Hall–Kier alpha value is -1.66. The van der Waals surface area contributed by atoms with Crippen molar-refractivity contribution in [3.05, 3.63) is 24.3 Å². The van der Waals surface area contributed by atoms with Crippen LogP contribution in [0, 0.1) is 23.7 Å². The first-order valence-electron chi connectivity index (χ1n) is 12.2. The van der Waals surface area contributed by atoms with Crippen LogP contribution in [0.2, 0.25) is 0 Å². The van der Waals surface area contributed by atoms with Crippen molar-refractivity contribution < 1.29 is 19.1 Å². The summed E-state index contributed by atoms with van der Waals surface area (Å²) in [5, 5.41) is 0. The van der Waals surface area contributed by atoms with Gasteiger partial charge in [-0.25, -0.2) is 0 Å². The molecule has 0 N–H and O–H groups in total. The highest BCUT2D eigenvalue weighted by molar-refractivity contribution is 5.88. The molecule has 0 saturated carbocycles. The van der Waals surface area contributed by atoms with E-state index in [2.05, 4.69) is 27.7 Å². The summed E-state index contributed by atoms with van der Waals surface area (Å²) >= 11 is 0. The molecule has 184 valence electrons. The zero-order chi connectivity index (χ0) is 23.9. The SMILES string of the molecule is COC/C=C/C(=O)N1CCC[C@@H](C(C)C)C1.COC/C=C/C(=O)N1CCC[C@H](C(C)C)C1. The van der Waals surface area contributed by atoms with E-state index in [1.165, 1.54) is 12.8 Å². The average molecular weight is 451 g/mol. The topological polar surface area (TPSA) is 59.1 Å². The number of carbonyl (C=O) groups excluding carboxylic acids is 2. The Morgan fingerprint density at radius 3 is 1.47 bits per heavy atom. The summed E-state index contributed by atoms with van der Waals surface area (Å²) in [7, 11) is 3.26. The normalized spacial score (nSPS) is 22.0. The van der Waals surface area contributed by atoms with E-state index in [4.69, 9.17) is 9.47 Å². The van der Waals surface area contributed by atoms with Crippen LogP contribution in [0.1, 0.15) is 53.4 Å². The number of rotatable bonds is 8. The van der Waals surface area contributed by atoms with Gasteiger partial charge in [-0.3, -0.25) is 9.59 Å². The predicted octanol–water partition coefficient (Wildman–Crippen LogP) is 4.17. The highest BCUT2D eigenvalue weighted by Crippen LogP contribution is 2.24. The highest BCUT2D eigenvalue weighted by atomic mass is 16.5. The largest absolute Gasteiger partial charge is 0.381 e. The highest BCUT2D eigenvalue weighted by Gasteiger charge is 2.25. The maximum Gasteiger partial charge on any atom is 0.246 e. The smallest absolute Gasteiger partial charge is 0.246 e. The molecule has 2 heterocycles. The van der Waals surface area contributed by atoms with Crippen molar-refractivity contribution in [2.24, 2.45) is 23.7 Å². The standard InChI is InChI=1S/2C13H23NO2/c2*1-11(2)12-6-4-8-14(10-12)13(15)7-5-9-16-3/h2*5,7,11-12H,4,6,8-10H2,1-3H3/b2*7-5+/t2*12-/m10/s1. The summed E-state index contributed by atoms with van der Waals surface area (Å²) in [4.78, 5) is 27.6. The summed E-state index contributed by atoms with van der Waals surface area (Å²) in [6.07, 6.45) is 11.6. The number of carbonyl (C=O) groups is 2. The first-order chi connectivity index (χ1) is 15.3. The van der Waals surface area contributed by atoms with Gasteiger partial charge in [0.2, 0.25) is 11.8 Å². The molecular weight excluding hydrogens is 404 g/mol. The lowest BCUT2D eigenvalue weighted by molar-refractivity contribution is -0.128. The minimum Gasteiger partial charge on any atom is -0.381 e. The Bertz CT molecular complexity index is 549. The molecule has 6 heteroatoms. The summed E-state index contributed by atoms with van der Waals surface area (Å²) in [6, 6.07) is 0. The fourth-order valence-corrected chi connectivity index (χ4v) is 4.21. The molecular formula is C26H46N2O4. The molecule has 0 unspecified atom stereocenters. The molecule has 2 fully saturated rings. The number of hydrogen-bond donors (Lipinski definition) is 0. The van der Waals surface area contributed by atoms with Gasteiger partial charge in [0.1, 0.15) is 0 Å². The molecule has 2 aliphatic rings. The number of methoxy groups -OCH3 is 2. The minimum absolute atomic E-state index is 0.127. The number of hydrogen-bond acceptors (Lipinski definition) is 4. The van der Waals surface area contributed by atoms with Crippen LogP contribution in [-0.2, 0) is 19.1 Å². The van der Waals surface area contributed by atoms with Gasteiger partial charge in [-0.15, -0.1) is 0 Å². The van der Waals surface area contributed by atoms with Gasteiger partial charge >= 0.3 is 0 Å².